The highest BCUT2D eigenvalue weighted by molar-refractivity contribution is 5.96. The lowest BCUT2D eigenvalue weighted by molar-refractivity contribution is -0.140. The van der Waals surface area contributed by atoms with E-state index in [2.05, 4.69) is 24.0 Å². The standard InChI is InChI=1S/C18H23NO2/c1-4-14-15(20)12-16-17(2,18(14,3)21)10-11-19(16)13-8-6-5-7-9-13/h5-9,12,14,21H,4,10-11H2,1-3H3/t14-,17+,18+/m0/s1. The molecular weight excluding hydrogens is 262 g/mol. The third-order valence-corrected chi connectivity index (χ3v) is 5.59. The van der Waals surface area contributed by atoms with Gasteiger partial charge in [-0.3, -0.25) is 4.79 Å². The molecule has 1 saturated heterocycles. The van der Waals surface area contributed by atoms with E-state index in [1.165, 1.54) is 0 Å². The van der Waals surface area contributed by atoms with E-state index in [0.717, 1.165) is 24.4 Å². The molecule has 1 N–H and O–H groups in total. The van der Waals surface area contributed by atoms with E-state index >= 15 is 0 Å². The Balaban J connectivity index is 2.09. The summed E-state index contributed by atoms with van der Waals surface area (Å²) < 4.78 is 0. The van der Waals surface area contributed by atoms with Crippen molar-refractivity contribution in [1.82, 2.24) is 0 Å². The Hall–Kier alpha value is -1.61. The first kappa shape index (κ1) is 14.3. The van der Waals surface area contributed by atoms with Gasteiger partial charge >= 0.3 is 0 Å². The third-order valence-electron chi connectivity index (χ3n) is 5.59. The smallest absolute Gasteiger partial charge is 0.163 e. The summed E-state index contributed by atoms with van der Waals surface area (Å²) in [6.45, 7) is 6.74. The van der Waals surface area contributed by atoms with Crippen molar-refractivity contribution in [3.05, 3.63) is 42.1 Å². The van der Waals surface area contributed by atoms with Crippen LogP contribution in [0.5, 0.6) is 0 Å². The predicted molar refractivity (Wildman–Crippen MR) is 84.0 cm³/mol. The highest BCUT2D eigenvalue weighted by atomic mass is 16.3. The molecule has 1 fully saturated rings. The topological polar surface area (TPSA) is 40.5 Å². The molecule has 21 heavy (non-hydrogen) atoms. The molecule has 3 rings (SSSR count). The van der Waals surface area contributed by atoms with Crippen LogP contribution in [0.25, 0.3) is 0 Å². The number of nitrogens with zero attached hydrogens (tertiary/aromatic N) is 1. The number of carbonyl (C=O) groups excluding carboxylic acids is 1. The van der Waals surface area contributed by atoms with Crippen LogP contribution >= 0.6 is 0 Å². The Morgan fingerprint density at radius 1 is 1.29 bits per heavy atom. The molecule has 1 heterocycles. The molecular formula is C18H23NO2. The molecule has 0 radical (unpaired) electrons. The van der Waals surface area contributed by atoms with E-state index in [1.54, 1.807) is 6.08 Å². The van der Waals surface area contributed by atoms with Gasteiger partial charge in [-0.1, -0.05) is 32.0 Å². The van der Waals surface area contributed by atoms with E-state index in [4.69, 9.17) is 0 Å². The average Bonchev–Trinajstić information content (AvgIpc) is 2.79. The second-order valence-electron chi connectivity index (χ2n) is 6.61. The molecule has 3 heteroatoms. The fourth-order valence-electron chi connectivity index (χ4n) is 4.00. The normalized spacial score (nSPS) is 35.6. The molecule has 2 aliphatic rings. The summed E-state index contributed by atoms with van der Waals surface area (Å²) in [5, 5.41) is 11.1. The molecule has 3 atom stereocenters. The first-order valence-electron chi connectivity index (χ1n) is 7.73. The largest absolute Gasteiger partial charge is 0.388 e. The Kier molecular flexibility index (Phi) is 3.21. The molecule has 1 aliphatic heterocycles. The zero-order chi connectivity index (χ0) is 15.3. The Bertz CT molecular complexity index is 590. The van der Waals surface area contributed by atoms with Crippen LogP contribution in [0.2, 0.25) is 0 Å². The lowest BCUT2D eigenvalue weighted by Gasteiger charge is -2.48. The van der Waals surface area contributed by atoms with Crippen molar-refractivity contribution < 1.29 is 9.90 Å². The van der Waals surface area contributed by atoms with Crippen LogP contribution in [0.3, 0.4) is 0 Å². The van der Waals surface area contributed by atoms with Gasteiger partial charge in [0.2, 0.25) is 0 Å². The van der Waals surface area contributed by atoms with Gasteiger partial charge in [-0.25, -0.2) is 0 Å². The molecule has 112 valence electrons. The summed E-state index contributed by atoms with van der Waals surface area (Å²) in [5.74, 6) is -0.250. The summed E-state index contributed by atoms with van der Waals surface area (Å²) in [4.78, 5) is 14.6. The minimum absolute atomic E-state index is 0.0535. The molecule has 0 bridgehead atoms. The number of hydrogen-bond donors (Lipinski definition) is 1. The molecule has 0 amide bonds. The molecule has 0 unspecified atom stereocenters. The second-order valence-corrected chi connectivity index (χ2v) is 6.61. The maximum absolute atomic E-state index is 12.4. The number of benzene rings is 1. The monoisotopic (exact) mass is 285 g/mol. The summed E-state index contributed by atoms with van der Waals surface area (Å²) in [6, 6.07) is 10.1. The number of ketones is 1. The van der Waals surface area contributed by atoms with Gasteiger partial charge in [-0.2, -0.15) is 0 Å². The lowest BCUT2D eigenvalue weighted by atomic mass is 9.60. The van der Waals surface area contributed by atoms with Gasteiger partial charge < -0.3 is 10.0 Å². The van der Waals surface area contributed by atoms with E-state index in [9.17, 15) is 9.90 Å². The maximum atomic E-state index is 12.4. The van der Waals surface area contributed by atoms with Crippen molar-refractivity contribution >= 4 is 11.5 Å². The number of hydrogen-bond acceptors (Lipinski definition) is 3. The van der Waals surface area contributed by atoms with Crippen LogP contribution in [0.15, 0.2) is 42.1 Å². The number of rotatable bonds is 2. The van der Waals surface area contributed by atoms with Gasteiger partial charge in [-0.15, -0.1) is 0 Å². The molecule has 1 aromatic carbocycles. The number of aliphatic hydroxyl groups is 1. The van der Waals surface area contributed by atoms with Crippen molar-refractivity contribution in [3.63, 3.8) is 0 Å². The van der Waals surface area contributed by atoms with Crippen molar-refractivity contribution in [1.29, 1.82) is 0 Å². The highest BCUT2D eigenvalue weighted by Crippen LogP contribution is 2.55. The van der Waals surface area contributed by atoms with Crippen LogP contribution in [0.4, 0.5) is 5.69 Å². The molecule has 0 aromatic heterocycles. The van der Waals surface area contributed by atoms with E-state index in [-0.39, 0.29) is 17.1 Å². The van der Waals surface area contributed by atoms with E-state index in [0.29, 0.717) is 6.42 Å². The molecule has 1 aliphatic carbocycles. The van der Waals surface area contributed by atoms with Crippen LogP contribution in [-0.4, -0.2) is 23.0 Å². The summed E-state index contributed by atoms with van der Waals surface area (Å²) >= 11 is 0. The van der Waals surface area contributed by atoms with Crippen LogP contribution in [0.1, 0.15) is 33.6 Å². The van der Waals surface area contributed by atoms with Crippen molar-refractivity contribution in [2.45, 2.75) is 39.2 Å². The molecule has 3 nitrogen and oxygen atoms in total. The molecule has 1 aromatic rings. The maximum Gasteiger partial charge on any atom is 0.163 e. The SMILES string of the molecule is CC[C@H]1C(=O)C=C2N(c3ccccc3)CC[C@@]2(C)[C@]1(C)O. The Morgan fingerprint density at radius 2 is 1.95 bits per heavy atom. The quantitative estimate of drug-likeness (QED) is 0.907. The fraction of sp³-hybridized carbons (Fsp3) is 0.500. The van der Waals surface area contributed by atoms with Crippen molar-refractivity contribution in [2.24, 2.45) is 11.3 Å². The van der Waals surface area contributed by atoms with Crippen LogP contribution < -0.4 is 4.90 Å². The first-order chi connectivity index (χ1) is 9.91. The number of carbonyl (C=O) groups is 1. The van der Waals surface area contributed by atoms with Crippen molar-refractivity contribution in [2.75, 3.05) is 11.4 Å². The number of allylic oxidation sites excluding steroid dienone is 1. The summed E-state index contributed by atoms with van der Waals surface area (Å²) in [5.41, 5.74) is 0.698. The lowest BCUT2D eigenvalue weighted by Crippen LogP contribution is -2.55. The number of fused-ring (bicyclic) bond motifs is 1. The molecule has 0 spiro atoms. The fourth-order valence-corrected chi connectivity index (χ4v) is 4.00. The van der Waals surface area contributed by atoms with Crippen LogP contribution in [0, 0.1) is 11.3 Å². The minimum atomic E-state index is -0.994. The van der Waals surface area contributed by atoms with Crippen LogP contribution in [-0.2, 0) is 4.79 Å². The summed E-state index contributed by atoms with van der Waals surface area (Å²) in [7, 11) is 0. The zero-order valence-corrected chi connectivity index (χ0v) is 13.0. The van der Waals surface area contributed by atoms with Gasteiger partial charge in [0.15, 0.2) is 5.78 Å². The van der Waals surface area contributed by atoms with Gasteiger partial charge in [0.1, 0.15) is 0 Å². The zero-order valence-electron chi connectivity index (χ0n) is 13.0. The molecule has 0 saturated carbocycles. The van der Waals surface area contributed by atoms with Gasteiger partial charge in [0.25, 0.3) is 0 Å². The predicted octanol–water partition coefficient (Wildman–Crippen LogP) is 3.15. The van der Waals surface area contributed by atoms with E-state index < -0.39 is 5.60 Å². The third kappa shape index (κ3) is 1.87. The minimum Gasteiger partial charge on any atom is -0.388 e. The Labute approximate surface area is 126 Å². The highest BCUT2D eigenvalue weighted by Gasteiger charge is 2.58. The van der Waals surface area contributed by atoms with Gasteiger partial charge in [0.05, 0.1) is 11.5 Å². The van der Waals surface area contributed by atoms with Gasteiger partial charge in [-0.05, 0) is 31.9 Å². The number of para-hydroxylation sites is 1. The summed E-state index contributed by atoms with van der Waals surface area (Å²) in [6.07, 6.45) is 3.31. The average molecular weight is 285 g/mol. The van der Waals surface area contributed by atoms with Gasteiger partial charge in [0, 0.05) is 29.4 Å². The van der Waals surface area contributed by atoms with Crippen molar-refractivity contribution in [3.8, 4) is 0 Å². The first-order valence-corrected chi connectivity index (χ1v) is 7.73. The van der Waals surface area contributed by atoms with E-state index in [1.807, 2.05) is 32.0 Å². The number of anilines is 1. The second kappa shape index (κ2) is 4.70. The Morgan fingerprint density at radius 3 is 2.57 bits per heavy atom.